The number of carbonyl (C=O) groups is 2. The van der Waals surface area contributed by atoms with Gasteiger partial charge in [0.15, 0.2) is 9.84 Å². The van der Waals surface area contributed by atoms with Crippen LogP contribution in [0.4, 0.5) is 0 Å². The number of aryl methyl sites for hydroxylation is 1. The molecule has 1 aliphatic rings. The summed E-state index contributed by atoms with van der Waals surface area (Å²) in [5, 5.41) is 11.6. The molecular formula is C32H40N2O8S2. The number of hydrogen-bond acceptors (Lipinski definition) is 8. The van der Waals surface area contributed by atoms with Gasteiger partial charge in [0.05, 0.1) is 15.9 Å². The molecule has 2 N–H and O–H groups in total. The van der Waals surface area contributed by atoms with Crippen LogP contribution in [0.2, 0.25) is 0 Å². The normalized spacial score (nSPS) is 16.0. The third-order valence-corrected chi connectivity index (χ3v) is 10.5. The van der Waals surface area contributed by atoms with E-state index in [2.05, 4.69) is 15.0 Å². The highest BCUT2D eigenvalue weighted by molar-refractivity contribution is 7.92. The van der Waals surface area contributed by atoms with Crippen LogP contribution in [0, 0.1) is 6.92 Å². The lowest BCUT2D eigenvalue weighted by atomic mass is 9.93. The fourth-order valence-electron chi connectivity index (χ4n) is 5.07. The number of benzene rings is 3. The number of ether oxygens (including phenoxy) is 1. The number of carboxylic acid groups (broad SMARTS) is 1. The second-order valence-corrected chi connectivity index (χ2v) is 15.4. The first kappa shape index (κ1) is 34.9. The number of nitrogens with one attached hydrogen (secondary N) is 1. The zero-order valence-electron chi connectivity index (χ0n) is 25.4. The minimum atomic E-state index is -3.45. The van der Waals surface area contributed by atoms with Crippen LogP contribution in [-0.2, 0) is 35.8 Å². The van der Waals surface area contributed by atoms with E-state index in [1.54, 1.807) is 56.7 Å². The van der Waals surface area contributed by atoms with Crippen LogP contribution in [0.1, 0.15) is 34.3 Å². The Morgan fingerprint density at radius 2 is 1.61 bits per heavy atom. The molecule has 10 nitrogen and oxygen atoms in total. The van der Waals surface area contributed by atoms with Crippen LogP contribution < -0.4 is 5.32 Å². The molecule has 0 aromatic heterocycles. The van der Waals surface area contributed by atoms with Crippen molar-refractivity contribution in [1.82, 2.24) is 10.2 Å². The van der Waals surface area contributed by atoms with Crippen molar-refractivity contribution in [1.29, 1.82) is 0 Å². The molecule has 1 heterocycles. The van der Waals surface area contributed by atoms with Crippen LogP contribution >= 0.6 is 0 Å². The standard InChI is InChI=1S/C30H34N2O7S2.C2H6O/c1-21-8-6-7-11-25(21)27-18-22(12-13-26(27)29(33)31-28(30(34)35)15-17-40(2,36)37)19-32-16-14-24(20-32)41(38,39)23-9-4-3-5-10-23;1-3-2/h3-13,18,24,28H,14-17,19-20H2,1-2H3,(H,31,33)(H,34,35);1-2H3. The van der Waals surface area contributed by atoms with Crippen molar-refractivity contribution in [3.63, 3.8) is 0 Å². The summed E-state index contributed by atoms with van der Waals surface area (Å²) in [5.41, 5.74) is 3.47. The SMILES string of the molecule is COC.Cc1ccccc1-c1cc(CN2CCC(S(=O)(=O)c3ccccc3)C2)ccc1C(=O)NC(CCS(C)(=O)=O)C(=O)O. The Labute approximate surface area is 259 Å². The molecule has 1 fully saturated rings. The summed E-state index contributed by atoms with van der Waals surface area (Å²) in [6.07, 6.45) is 1.29. The predicted octanol–water partition coefficient (Wildman–Crippen LogP) is 3.59. The Bertz CT molecular complexity index is 1660. The summed E-state index contributed by atoms with van der Waals surface area (Å²) >= 11 is 0. The number of rotatable bonds is 11. The van der Waals surface area contributed by atoms with Gasteiger partial charge in [-0.3, -0.25) is 9.69 Å². The minimum Gasteiger partial charge on any atom is -0.480 e. The fraction of sp³-hybridized carbons (Fsp3) is 0.375. The third-order valence-electron chi connectivity index (χ3n) is 7.29. The fourth-order valence-corrected chi connectivity index (χ4v) is 7.47. The molecule has 1 amide bonds. The quantitative estimate of drug-likeness (QED) is 0.320. The van der Waals surface area contributed by atoms with Gasteiger partial charge >= 0.3 is 5.97 Å². The van der Waals surface area contributed by atoms with Crippen molar-refractivity contribution < 1.29 is 36.3 Å². The Morgan fingerprint density at radius 1 is 0.977 bits per heavy atom. The lowest BCUT2D eigenvalue weighted by Crippen LogP contribution is -2.42. The van der Waals surface area contributed by atoms with Gasteiger partial charge < -0.3 is 15.2 Å². The minimum absolute atomic E-state index is 0.250. The molecule has 12 heteroatoms. The van der Waals surface area contributed by atoms with Crippen LogP contribution in [0.15, 0.2) is 77.7 Å². The molecule has 2 atom stereocenters. The van der Waals surface area contributed by atoms with Gasteiger partial charge in [-0.05, 0) is 72.8 Å². The van der Waals surface area contributed by atoms with Gasteiger partial charge in [0.1, 0.15) is 15.9 Å². The van der Waals surface area contributed by atoms with E-state index in [-0.39, 0.29) is 17.7 Å². The largest absolute Gasteiger partial charge is 0.480 e. The number of sulfone groups is 2. The highest BCUT2D eigenvalue weighted by atomic mass is 32.2. The Kier molecular flexibility index (Phi) is 12.2. The molecule has 3 aromatic rings. The van der Waals surface area contributed by atoms with Crippen molar-refractivity contribution >= 4 is 31.6 Å². The first-order chi connectivity index (χ1) is 20.8. The van der Waals surface area contributed by atoms with E-state index in [1.807, 2.05) is 37.3 Å². The van der Waals surface area contributed by atoms with Crippen molar-refractivity contribution in [3.05, 3.63) is 89.5 Å². The molecule has 44 heavy (non-hydrogen) atoms. The number of carbonyl (C=O) groups excluding carboxylic acids is 1. The third kappa shape index (κ3) is 9.46. The van der Waals surface area contributed by atoms with Gasteiger partial charge in [-0.25, -0.2) is 21.6 Å². The zero-order chi connectivity index (χ0) is 32.5. The number of methoxy groups -OCH3 is 1. The Balaban J connectivity index is 0.00000169. The molecule has 0 spiro atoms. The topological polar surface area (TPSA) is 147 Å². The summed E-state index contributed by atoms with van der Waals surface area (Å²) in [4.78, 5) is 27.5. The first-order valence-electron chi connectivity index (χ1n) is 14.1. The monoisotopic (exact) mass is 644 g/mol. The number of nitrogens with zero attached hydrogens (tertiary/aromatic N) is 1. The van der Waals surface area contributed by atoms with Crippen molar-refractivity contribution in [3.8, 4) is 11.1 Å². The van der Waals surface area contributed by atoms with Gasteiger partial charge in [0.25, 0.3) is 5.91 Å². The van der Waals surface area contributed by atoms with E-state index < -0.39 is 42.8 Å². The Morgan fingerprint density at radius 3 is 2.23 bits per heavy atom. The van der Waals surface area contributed by atoms with E-state index in [1.165, 1.54) is 0 Å². The number of amides is 1. The van der Waals surface area contributed by atoms with Crippen LogP contribution in [0.5, 0.6) is 0 Å². The van der Waals surface area contributed by atoms with Crippen LogP contribution in [0.3, 0.4) is 0 Å². The predicted molar refractivity (Wildman–Crippen MR) is 170 cm³/mol. The first-order valence-corrected chi connectivity index (χ1v) is 17.7. The van der Waals surface area contributed by atoms with Gasteiger partial charge in [-0.1, -0.05) is 48.5 Å². The number of likely N-dealkylation sites (tertiary alicyclic amines) is 1. The maximum atomic E-state index is 13.3. The molecule has 0 saturated carbocycles. The molecule has 2 unspecified atom stereocenters. The van der Waals surface area contributed by atoms with E-state index in [9.17, 15) is 31.5 Å². The van der Waals surface area contributed by atoms with E-state index >= 15 is 0 Å². The van der Waals surface area contributed by atoms with Gasteiger partial charge in [0, 0.05) is 39.1 Å². The number of hydrogen-bond donors (Lipinski definition) is 2. The smallest absolute Gasteiger partial charge is 0.326 e. The summed E-state index contributed by atoms with van der Waals surface area (Å²) in [5.74, 6) is -2.30. The molecule has 0 bridgehead atoms. The lowest BCUT2D eigenvalue weighted by molar-refractivity contribution is -0.139. The van der Waals surface area contributed by atoms with E-state index in [4.69, 9.17) is 0 Å². The number of carboxylic acids is 1. The van der Waals surface area contributed by atoms with Crippen molar-refractivity contribution in [2.45, 2.75) is 42.5 Å². The second kappa shape index (κ2) is 15.4. The van der Waals surface area contributed by atoms with Gasteiger partial charge in [-0.2, -0.15) is 0 Å². The maximum Gasteiger partial charge on any atom is 0.326 e. The molecule has 3 aromatic carbocycles. The summed E-state index contributed by atoms with van der Waals surface area (Å²) in [6.45, 7) is 3.39. The molecule has 4 rings (SSSR count). The molecule has 0 aliphatic carbocycles. The average molecular weight is 645 g/mol. The molecule has 238 valence electrons. The molecule has 1 aliphatic heterocycles. The zero-order valence-corrected chi connectivity index (χ0v) is 27.0. The molecule has 0 radical (unpaired) electrons. The summed E-state index contributed by atoms with van der Waals surface area (Å²) in [7, 11) is -3.61. The molecular weight excluding hydrogens is 604 g/mol. The summed E-state index contributed by atoms with van der Waals surface area (Å²) < 4.78 is 53.6. The van der Waals surface area contributed by atoms with Gasteiger partial charge in [0.2, 0.25) is 0 Å². The second-order valence-electron chi connectivity index (χ2n) is 10.9. The average Bonchev–Trinajstić information content (AvgIpc) is 3.45. The highest BCUT2D eigenvalue weighted by Gasteiger charge is 2.34. The number of aliphatic carboxylic acids is 1. The van der Waals surface area contributed by atoms with Crippen LogP contribution in [0.25, 0.3) is 11.1 Å². The highest BCUT2D eigenvalue weighted by Crippen LogP contribution is 2.30. The molecule has 1 saturated heterocycles. The van der Waals surface area contributed by atoms with Crippen molar-refractivity contribution in [2.24, 2.45) is 0 Å². The lowest BCUT2D eigenvalue weighted by Gasteiger charge is -2.20. The van der Waals surface area contributed by atoms with Gasteiger partial charge in [-0.15, -0.1) is 0 Å². The van der Waals surface area contributed by atoms with E-state index in [0.717, 1.165) is 22.9 Å². The Hall–Kier alpha value is -3.58. The van der Waals surface area contributed by atoms with E-state index in [0.29, 0.717) is 36.5 Å². The summed E-state index contributed by atoms with van der Waals surface area (Å²) in [6, 6.07) is 19.9. The maximum absolute atomic E-state index is 13.3. The van der Waals surface area contributed by atoms with Crippen molar-refractivity contribution in [2.75, 3.05) is 39.3 Å². The van der Waals surface area contributed by atoms with Crippen LogP contribution in [-0.4, -0.2) is 89.3 Å².